The molecule has 0 aliphatic carbocycles. The number of nitrogens with zero attached hydrogens (tertiary/aromatic N) is 2. The minimum absolute atomic E-state index is 0.151. The number of amides is 1. The van der Waals surface area contributed by atoms with Crippen molar-refractivity contribution >= 4 is 22.6 Å². The van der Waals surface area contributed by atoms with Crippen LogP contribution in [0.15, 0.2) is 59.3 Å². The third-order valence-corrected chi connectivity index (χ3v) is 4.48. The summed E-state index contributed by atoms with van der Waals surface area (Å²) in [5, 5.41) is 3.50. The van der Waals surface area contributed by atoms with Crippen LogP contribution in [0, 0.1) is 12.7 Å². The molecule has 0 radical (unpaired) electrons. The van der Waals surface area contributed by atoms with Gasteiger partial charge in [-0.1, -0.05) is 18.2 Å². The highest BCUT2D eigenvalue weighted by Crippen LogP contribution is 2.28. The van der Waals surface area contributed by atoms with E-state index >= 15 is 0 Å². The van der Waals surface area contributed by atoms with Crippen LogP contribution in [-0.2, 0) is 11.3 Å². The van der Waals surface area contributed by atoms with Gasteiger partial charge in [0.1, 0.15) is 17.2 Å². The first-order valence-corrected chi connectivity index (χ1v) is 8.69. The van der Waals surface area contributed by atoms with Gasteiger partial charge >= 0.3 is 0 Å². The Kier molecular flexibility index (Phi) is 4.67. The number of nitrogens with one attached hydrogen (secondary N) is 1. The Balaban J connectivity index is 1.64. The van der Waals surface area contributed by atoms with Crippen LogP contribution >= 0.6 is 0 Å². The molecule has 2 aromatic heterocycles. The van der Waals surface area contributed by atoms with Crippen molar-refractivity contribution in [2.75, 3.05) is 12.4 Å². The van der Waals surface area contributed by atoms with E-state index in [1.807, 2.05) is 18.2 Å². The van der Waals surface area contributed by atoms with Gasteiger partial charge in [-0.2, -0.15) is 0 Å². The topological polar surface area (TPSA) is 69.3 Å². The number of ether oxygens (including phenoxy) is 1. The number of benzene rings is 2. The smallest absolute Gasteiger partial charge is 0.291 e. The molecule has 2 aromatic carbocycles. The Morgan fingerprint density at radius 3 is 2.82 bits per heavy atom. The molecule has 2 heterocycles. The number of fused-ring (bicyclic) bond motifs is 1. The Morgan fingerprint density at radius 2 is 2.11 bits per heavy atom. The van der Waals surface area contributed by atoms with Gasteiger partial charge in [0.15, 0.2) is 5.76 Å². The quantitative estimate of drug-likeness (QED) is 0.556. The van der Waals surface area contributed by atoms with Crippen molar-refractivity contribution in [2.45, 2.75) is 13.5 Å². The van der Waals surface area contributed by atoms with Crippen LogP contribution in [-0.4, -0.2) is 22.6 Å². The molecule has 0 atom stereocenters. The number of furan rings is 1. The normalized spacial score (nSPS) is 11.1. The Hall–Kier alpha value is -3.45. The number of methoxy groups -OCH3 is 1. The molecule has 7 heteroatoms. The summed E-state index contributed by atoms with van der Waals surface area (Å²) in [6.07, 6.45) is 3.28. The van der Waals surface area contributed by atoms with E-state index in [4.69, 9.17) is 9.15 Å². The van der Waals surface area contributed by atoms with Crippen molar-refractivity contribution in [2.24, 2.45) is 0 Å². The summed E-state index contributed by atoms with van der Waals surface area (Å²) in [7, 11) is 1.55. The number of para-hydroxylation sites is 1. The van der Waals surface area contributed by atoms with E-state index in [-0.39, 0.29) is 12.4 Å². The fraction of sp³-hybridized carbons (Fsp3) is 0.143. The minimum Gasteiger partial charge on any atom is -0.451 e. The van der Waals surface area contributed by atoms with E-state index in [1.54, 1.807) is 49.2 Å². The molecular formula is C21H18FN3O3. The molecule has 28 heavy (non-hydrogen) atoms. The first-order chi connectivity index (χ1) is 13.6. The highest BCUT2D eigenvalue weighted by molar-refractivity contribution is 6.06. The van der Waals surface area contributed by atoms with Crippen LogP contribution < -0.4 is 5.32 Å². The second-order valence-corrected chi connectivity index (χ2v) is 6.30. The molecule has 0 unspecified atom stereocenters. The number of hydrogen-bond acceptors (Lipinski definition) is 4. The number of imidazole rings is 1. The van der Waals surface area contributed by atoms with Gasteiger partial charge < -0.3 is 19.0 Å². The van der Waals surface area contributed by atoms with Gasteiger partial charge in [-0.25, -0.2) is 9.37 Å². The molecular weight excluding hydrogens is 361 g/mol. The molecule has 1 N–H and O–H groups in total. The van der Waals surface area contributed by atoms with Gasteiger partial charge in [0.2, 0.25) is 0 Å². The van der Waals surface area contributed by atoms with E-state index in [0.717, 1.165) is 5.39 Å². The van der Waals surface area contributed by atoms with Crippen LogP contribution in [0.25, 0.3) is 16.7 Å². The summed E-state index contributed by atoms with van der Waals surface area (Å²) in [5.41, 5.74) is 1.93. The third-order valence-electron chi connectivity index (χ3n) is 4.48. The first-order valence-electron chi connectivity index (χ1n) is 8.69. The second kappa shape index (κ2) is 7.28. The number of rotatable bonds is 5. The number of aromatic nitrogens is 2. The maximum atomic E-state index is 14.6. The maximum Gasteiger partial charge on any atom is 0.291 e. The lowest BCUT2D eigenvalue weighted by Crippen LogP contribution is -2.13. The van der Waals surface area contributed by atoms with E-state index < -0.39 is 11.7 Å². The molecule has 0 saturated heterocycles. The summed E-state index contributed by atoms with van der Waals surface area (Å²) in [6, 6.07) is 11.8. The maximum absolute atomic E-state index is 14.6. The average Bonchev–Trinajstić information content (AvgIpc) is 3.26. The number of anilines is 1. The number of carbonyl (C=O) groups is 1. The van der Waals surface area contributed by atoms with Gasteiger partial charge in [-0.05, 0) is 31.2 Å². The molecule has 6 nitrogen and oxygen atoms in total. The second-order valence-electron chi connectivity index (χ2n) is 6.30. The minimum atomic E-state index is -0.472. The lowest BCUT2D eigenvalue weighted by Gasteiger charge is -2.09. The van der Waals surface area contributed by atoms with Crippen molar-refractivity contribution in [1.29, 1.82) is 0 Å². The SMILES string of the molecule is COCc1c(C(=O)Nc2ccc(-n3ccnc3C)c(F)c2)oc2ccccc12. The molecule has 0 spiro atoms. The third kappa shape index (κ3) is 3.16. The molecule has 0 aliphatic heterocycles. The first kappa shape index (κ1) is 17.9. The van der Waals surface area contributed by atoms with Crippen molar-refractivity contribution in [3.8, 4) is 5.69 Å². The molecule has 1 amide bonds. The van der Waals surface area contributed by atoms with E-state index in [0.29, 0.717) is 28.3 Å². The number of hydrogen-bond donors (Lipinski definition) is 1. The lowest BCUT2D eigenvalue weighted by molar-refractivity contribution is 0.0992. The number of aryl methyl sites for hydroxylation is 1. The predicted octanol–water partition coefficient (Wildman–Crippen LogP) is 4.46. The molecule has 0 fully saturated rings. The summed E-state index contributed by atoms with van der Waals surface area (Å²) >= 11 is 0. The van der Waals surface area contributed by atoms with Gasteiger partial charge in [-0.3, -0.25) is 4.79 Å². The molecule has 0 aliphatic rings. The fourth-order valence-corrected chi connectivity index (χ4v) is 3.17. The average molecular weight is 379 g/mol. The van der Waals surface area contributed by atoms with Crippen LogP contribution in [0.1, 0.15) is 21.9 Å². The Labute approximate surface area is 160 Å². The molecule has 0 saturated carbocycles. The van der Waals surface area contributed by atoms with Crippen LogP contribution in [0.2, 0.25) is 0 Å². The van der Waals surface area contributed by atoms with E-state index in [2.05, 4.69) is 10.3 Å². The van der Waals surface area contributed by atoms with Gasteiger partial charge in [-0.15, -0.1) is 0 Å². The number of carbonyl (C=O) groups excluding carboxylic acids is 1. The zero-order valence-electron chi connectivity index (χ0n) is 15.4. The molecule has 142 valence electrons. The molecule has 0 bridgehead atoms. The van der Waals surface area contributed by atoms with Crippen LogP contribution in [0.5, 0.6) is 0 Å². The Morgan fingerprint density at radius 1 is 1.29 bits per heavy atom. The van der Waals surface area contributed by atoms with E-state index in [1.165, 1.54) is 6.07 Å². The summed E-state index contributed by atoms with van der Waals surface area (Å²) in [5.74, 6) is -0.116. The largest absolute Gasteiger partial charge is 0.451 e. The molecule has 4 aromatic rings. The lowest BCUT2D eigenvalue weighted by atomic mass is 10.1. The van der Waals surface area contributed by atoms with Crippen molar-refractivity contribution in [3.05, 3.63) is 77.8 Å². The Bertz CT molecular complexity index is 1160. The van der Waals surface area contributed by atoms with Gasteiger partial charge in [0, 0.05) is 36.1 Å². The van der Waals surface area contributed by atoms with Crippen LogP contribution in [0.4, 0.5) is 10.1 Å². The summed E-state index contributed by atoms with van der Waals surface area (Å²) in [6.45, 7) is 2.01. The highest BCUT2D eigenvalue weighted by atomic mass is 19.1. The molecule has 4 rings (SSSR count). The summed E-state index contributed by atoms with van der Waals surface area (Å²) < 4.78 is 27.1. The van der Waals surface area contributed by atoms with Gasteiger partial charge in [0.05, 0.1) is 12.3 Å². The zero-order chi connectivity index (χ0) is 19.7. The van der Waals surface area contributed by atoms with E-state index in [9.17, 15) is 9.18 Å². The van der Waals surface area contributed by atoms with Crippen molar-refractivity contribution < 1.29 is 18.3 Å². The highest BCUT2D eigenvalue weighted by Gasteiger charge is 2.21. The number of halogens is 1. The van der Waals surface area contributed by atoms with Crippen molar-refractivity contribution in [1.82, 2.24) is 9.55 Å². The van der Waals surface area contributed by atoms with Crippen molar-refractivity contribution in [3.63, 3.8) is 0 Å². The zero-order valence-corrected chi connectivity index (χ0v) is 15.4. The fourth-order valence-electron chi connectivity index (χ4n) is 3.17. The predicted molar refractivity (Wildman–Crippen MR) is 103 cm³/mol. The van der Waals surface area contributed by atoms with Gasteiger partial charge in [0.25, 0.3) is 5.91 Å². The monoisotopic (exact) mass is 379 g/mol. The standard InChI is InChI=1S/C21H18FN3O3/c1-13-23-9-10-25(13)18-8-7-14(11-17(18)22)24-21(26)20-16(12-27-2)15-5-3-4-6-19(15)28-20/h3-11H,12H2,1-2H3,(H,24,26). The van der Waals surface area contributed by atoms with Crippen LogP contribution in [0.3, 0.4) is 0 Å². The summed E-state index contributed by atoms with van der Waals surface area (Å²) in [4.78, 5) is 16.9.